The van der Waals surface area contributed by atoms with E-state index in [2.05, 4.69) is 6.92 Å². The number of hydrogen-bond acceptors (Lipinski definition) is 1. The van der Waals surface area contributed by atoms with Gasteiger partial charge in [-0.05, 0) is 17.5 Å². The number of aliphatic hydroxyl groups is 1. The van der Waals surface area contributed by atoms with Crippen molar-refractivity contribution in [2.75, 3.05) is 0 Å². The average Bonchev–Trinajstić information content (AvgIpc) is 2.16. The Balaban J connectivity index is 2.88. The maximum atomic E-state index is 9.89. The van der Waals surface area contributed by atoms with Crippen LogP contribution in [0.25, 0.3) is 0 Å². The van der Waals surface area contributed by atoms with Crippen molar-refractivity contribution < 1.29 is 5.11 Å². The zero-order valence-electron chi connectivity index (χ0n) is 8.00. The summed E-state index contributed by atoms with van der Waals surface area (Å²) >= 11 is 5.96. The molecule has 1 aromatic carbocycles. The van der Waals surface area contributed by atoms with Crippen molar-refractivity contribution in [3.8, 4) is 0 Å². The summed E-state index contributed by atoms with van der Waals surface area (Å²) in [5.74, 6) is 0.250. The summed E-state index contributed by atoms with van der Waals surface area (Å²) < 4.78 is 0. The Morgan fingerprint density at radius 1 is 1.38 bits per heavy atom. The first-order valence-corrected chi connectivity index (χ1v) is 4.97. The third kappa shape index (κ3) is 2.45. The predicted molar refractivity (Wildman–Crippen MR) is 55.9 cm³/mol. The summed E-state index contributed by atoms with van der Waals surface area (Å²) in [7, 11) is 0. The highest BCUT2D eigenvalue weighted by atomic mass is 35.5. The minimum atomic E-state index is -0.446. The summed E-state index contributed by atoms with van der Waals surface area (Å²) in [5, 5.41) is 10.5. The topological polar surface area (TPSA) is 20.2 Å². The Morgan fingerprint density at radius 3 is 2.54 bits per heavy atom. The lowest BCUT2D eigenvalue weighted by molar-refractivity contribution is 0.115. The second-order valence-corrected chi connectivity index (χ2v) is 3.76. The molecule has 0 heterocycles. The van der Waals surface area contributed by atoms with E-state index in [4.69, 9.17) is 11.6 Å². The van der Waals surface area contributed by atoms with Crippen LogP contribution in [0.1, 0.15) is 31.9 Å². The van der Waals surface area contributed by atoms with Crippen LogP contribution in [0.2, 0.25) is 5.02 Å². The van der Waals surface area contributed by atoms with Crippen LogP contribution in [0.5, 0.6) is 0 Å². The van der Waals surface area contributed by atoms with Crippen molar-refractivity contribution >= 4 is 11.6 Å². The fraction of sp³-hybridized carbons (Fsp3) is 0.455. The van der Waals surface area contributed by atoms with Crippen molar-refractivity contribution in [1.82, 2.24) is 0 Å². The maximum Gasteiger partial charge on any atom is 0.0829 e. The van der Waals surface area contributed by atoms with Gasteiger partial charge in [0.05, 0.1) is 6.10 Å². The van der Waals surface area contributed by atoms with Crippen LogP contribution >= 0.6 is 11.6 Å². The van der Waals surface area contributed by atoms with E-state index in [-0.39, 0.29) is 5.92 Å². The standard InChI is InChI=1S/C11H15ClO/c1-3-8(2)11(13)9-6-4-5-7-10(9)12/h4-8,11,13H,3H2,1-2H3. The molecule has 1 rings (SSSR count). The largest absolute Gasteiger partial charge is 0.388 e. The van der Waals surface area contributed by atoms with Gasteiger partial charge >= 0.3 is 0 Å². The molecule has 72 valence electrons. The third-order valence-electron chi connectivity index (χ3n) is 2.41. The summed E-state index contributed by atoms with van der Waals surface area (Å²) in [6, 6.07) is 7.45. The number of aliphatic hydroxyl groups excluding tert-OH is 1. The molecule has 0 aromatic heterocycles. The van der Waals surface area contributed by atoms with Gasteiger partial charge in [0.2, 0.25) is 0 Å². The van der Waals surface area contributed by atoms with Crippen molar-refractivity contribution in [1.29, 1.82) is 0 Å². The molecule has 1 aromatic rings. The van der Waals surface area contributed by atoms with Crippen LogP contribution in [-0.4, -0.2) is 5.11 Å². The van der Waals surface area contributed by atoms with Gasteiger partial charge in [-0.25, -0.2) is 0 Å². The fourth-order valence-electron chi connectivity index (χ4n) is 1.24. The van der Waals surface area contributed by atoms with Crippen LogP contribution in [-0.2, 0) is 0 Å². The van der Waals surface area contributed by atoms with Gasteiger partial charge in [0.15, 0.2) is 0 Å². The molecule has 2 unspecified atom stereocenters. The van der Waals surface area contributed by atoms with Gasteiger partial charge in [-0.1, -0.05) is 50.1 Å². The van der Waals surface area contributed by atoms with Gasteiger partial charge in [0.25, 0.3) is 0 Å². The van der Waals surface area contributed by atoms with E-state index in [1.165, 1.54) is 0 Å². The molecule has 1 N–H and O–H groups in total. The van der Waals surface area contributed by atoms with Crippen LogP contribution in [0.15, 0.2) is 24.3 Å². The number of halogens is 1. The molecule has 0 saturated heterocycles. The molecular weight excluding hydrogens is 184 g/mol. The average molecular weight is 199 g/mol. The Morgan fingerprint density at radius 2 is 2.00 bits per heavy atom. The van der Waals surface area contributed by atoms with Crippen molar-refractivity contribution in [2.45, 2.75) is 26.4 Å². The summed E-state index contributed by atoms with van der Waals surface area (Å²) in [6.07, 6.45) is 0.505. The van der Waals surface area contributed by atoms with E-state index < -0.39 is 6.10 Å². The molecular formula is C11H15ClO. The van der Waals surface area contributed by atoms with E-state index in [9.17, 15) is 5.11 Å². The highest BCUT2D eigenvalue weighted by Crippen LogP contribution is 2.29. The van der Waals surface area contributed by atoms with Gasteiger partial charge in [0.1, 0.15) is 0 Å². The van der Waals surface area contributed by atoms with Gasteiger partial charge in [0, 0.05) is 5.02 Å². The van der Waals surface area contributed by atoms with Crippen LogP contribution in [0.4, 0.5) is 0 Å². The van der Waals surface area contributed by atoms with Crippen LogP contribution < -0.4 is 0 Å². The minimum Gasteiger partial charge on any atom is -0.388 e. The highest BCUT2D eigenvalue weighted by molar-refractivity contribution is 6.31. The molecule has 0 spiro atoms. The Labute approximate surface area is 84.4 Å². The predicted octanol–water partition coefficient (Wildman–Crippen LogP) is 3.42. The van der Waals surface area contributed by atoms with Gasteiger partial charge in [-0.3, -0.25) is 0 Å². The molecule has 2 atom stereocenters. The number of hydrogen-bond donors (Lipinski definition) is 1. The smallest absolute Gasteiger partial charge is 0.0829 e. The molecule has 0 amide bonds. The van der Waals surface area contributed by atoms with Gasteiger partial charge in [-0.2, -0.15) is 0 Å². The molecule has 0 saturated carbocycles. The van der Waals surface area contributed by atoms with Crippen molar-refractivity contribution in [3.63, 3.8) is 0 Å². The monoisotopic (exact) mass is 198 g/mol. The second kappa shape index (κ2) is 4.64. The quantitative estimate of drug-likeness (QED) is 0.789. The lowest BCUT2D eigenvalue weighted by Gasteiger charge is -2.18. The fourth-order valence-corrected chi connectivity index (χ4v) is 1.49. The first kappa shape index (κ1) is 10.6. The Bertz CT molecular complexity index is 273. The van der Waals surface area contributed by atoms with Crippen LogP contribution in [0, 0.1) is 5.92 Å². The van der Waals surface area contributed by atoms with E-state index in [1.807, 2.05) is 31.2 Å². The molecule has 0 fully saturated rings. The van der Waals surface area contributed by atoms with E-state index in [0.29, 0.717) is 5.02 Å². The van der Waals surface area contributed by atoms with E-state index >= 15 is 0 Å². The Hall–Kier alpha value is -0.530. The molecule has 0 bridgehead atoms. The highest BCUT2D eigenvalue weighted by Gasteiger charge is 2.16. The van der Waals surface area contributed by atoms with Crippen LogP contribution in [0.3, 0.4) is 0 Å². The lowest BCUT2D eigenvalue weighted by Crippen LogP contribution is -2.08. The molecule has 0 aliphatic rings. The molecule has 13 heavy (non-hydrogen) atoms. The molecule has 0 aliphatic heterocycles. The normalized spacial score (nSPS) is 15.4. The maximum absolute atomic E-state index is 9.89. The summed E-state index contributed by atoms with van der Waals surface area (Å²) in [4.78, 5) is 0. The second-order valence-electron chi connectivity index (χ2n) is 3.35. The first-order valence-electron chi connectivity index (χ1n) is 4.59. The third-order valence-corrected chi connectivity index (χ3v) is 2.75. The summed E-state index contributed by atoms with van der Waals surface area (Å²) in [6.45, 7) is 4.08. The lowest BCUT2D eigenvalue weighted by atomic mass is 9.95. The van der Waals surface area contributed by atoms with E-state index in [1.54, 1.807) is 0 Å². The molecule has 2 heteroatoms. The molecule has 1 nitrogen and oxygen atoms in total. The van der Waals surface area contributed by atoms with Crippen molar-refractivity contribution in [3.05, 3.63) is 34.9 Å². The first-order chi connectivity index (χ1) is 6.16. The minimum absolute atomic E-state index is 0.250. The van der Waals surface area contributed by atoms with Gasteiger partial charge in [-0.15, -0.1) is 0 Å². The number of rotatable bonds is 3. The number of benzene rings is 1. The zero-order chi connectivity index (χ0) is 9.84. The molecule has 0 aliphatic carbocycles. The zero-order valence-corrected chi connectivity index (χ0v) is 8.75. The SMILES string of the molecule is CCC(C)C(O)c1ccccc1Cl. The van der Waals surface area contributed by atoms with Gasteiger partial charge < -0.3 is 5.11 Å². The van der Waals surface area contributed by atoms with Crippen molar-refractivity contribution in [2.24, 2.45) is 5.92 Å². The molecule has 0 radical (unpaired) electrons. The Kier molecular flexibility index (Phi) is 3.76. The summed E-state index contributed by atoms with van der Waals surface area (Å²) in [5.41, 5.74) is 0.832. The van der Waals surface area contributed by atoms with E-state index in [0.717, 1.165) is 12.0 Å².